The molecule has 4 nitrogen and oxygen atoms in total. The van der Waals surface area contributed by atoms with E-state index in [-0.39, 0.29) is 11.5 Å². The van der Waals surface area contributed by atoms with Gasteiger partial charge in [0, 0.05) is 5.56 Å². The summed E-state index contributed by atoms with van der Waals surface area (Å²) in [6.45, 7) is 4.48. The van der Waals surface area contributed by atoms with Crippen LogP contribution in [0.15, 0.2) is 12.1 Å². The normalized spacial score (nSPS) is 11.0. The molecule has 0 amide bonds. The number of phenolic OH excluding ortho intramolecular Hbond substituents is 1. The van der Waals surface area contributed by atoms with Crippen molar-refractivity contribution in [1.82, 2.24) is 0 Å². The van der Waals surface area contributed by atoms with E-state index in [1.807, 2.05) is 6.07 Å². The van der Waals surface area contributed by atoms with E-state index < -0.39 is 6.16 Å². The molecule has 1 aromatic carbocycles. The number of carbonyl (C=O) groups is 1. The Labute approximate surface area is 190 Å². The Bertz CT molecular complexity index is 597. The van der Waals surface area contributed by atoms with Crippen molar-refractivity contribution in [2.45, 2.75) is 129 Å². The molecule has 0 radical (unpaired) electrons. The van der Waals surface area contributed by atoms with E-state index in [0.717, 1.165) is 43.2 Å². The lowest BCUT2D eigenvalue weighted by molar-refractivity contribution is 0.142. The van der Waals surface area contributed by atoms with Crippen LogP contribution in [0.2, 0.25) is 0 Å². The third kappa shape index (κ3) is 12.7. The van der Waals surface area contributed by atoms with E-state index in [4.69, 9.17) is 9.84 Å². The molecule has 31 heavy (non-hydrogen) atoms. The van der Waals surface area contributed by atoms with Crippen LogP contribution in [0.5, 0.6) is 11.5 Å². The van der Waals surface area contributed by atoms with Gasteiger partial charge in [-0.05, 0) is 37.3 Å². The Morgan fingerprint density at radius 3 is 1.65 bits per heavy atom. The number of aromatic hydroxyl groups is 1. The van der Waals surface area contributed by atoms with Crippen LogP contribution in [0.3, 0.4) is 0 Å². The van der Waals surface area contributed by atoms with Gasteiger partial charge < -0.3 is 14.9 Å². The number of carboxylic acid groups (broad SMARTS) is 1. The third-order valence-corrected chi connectivity index (χ3v) is 6.12. The summed E-state index contributed by atoms with van der Waals surface area (Å²) >= 11 is 0. The molecule has 0 aliphatic rings. The second-order valence-electron chi connectivity index (χ2n) is 8.87. The van der Waals surface area contributed by atoms with Gasteiger partial charge in [-0.1, -0.05) is 110 Å². The fourth-order valence-corrected chi connectivity index (χ4v) is 4.23. The van der Waals surface area contributed by atoms with Crippen molar-refractivity contribution < 1.29 is 19.7 Å². The van der Waals surface area contributed by atoms with E-state index in [0.29, 0.717) is 0 Å². The standard InChI is InChI=1S/C27H46O4/c1-3-5-7-9-11-13-15-17-19-23-21-22-25(31-27(29)30)26(28)24(23)20-18-16-14-12-10-8-6-4-2/h21-22,28H,3-20H2,1-2H3,(H,29,30). The molecule has 0 spiro atoms. The molecule has 0 fully saturated rings. The molecule has 2 N–H and O–H groups in total. The van der Waals surface area contributed by atoms with Crippen molar-refractivity contribution in [2.24, 2.45) is 0 Å². The van der Waals surface area contributed by atoms with Crippen molar-refractivity contribution in [1.29, 1.82) is 0 Å². The van der Waals surface area contributed by atoms with Crippen LogP contribution in [0, 0.1) is 0 Å². The van der Waals surface area contributed by atoms with Crippen LogP contribution in [0.4, 0.5) is 4.79 Å². The first-order valence-electron chi connectivity index (χ1n) is 12.8. The molecule has 0 aromatic heterocycles. The zero-order chi connectivity index (χ0) is 22.7. The largest absolute Gasteiger partial charge is 0.511 e. The van der Waals surface area contributed by atoms with Gasteiger partial charge in [0.05, 0.1) is 0 Å². The SMILES string of the molecule is CCCCCCCCCCc1ccc(OC(=O)O)c(O)c1CCCCCCCCCC. The molecule has 0 aliphatic heterocycles. The van der Waals surface area contributed by atoms with Gasteiger partial charge in [-0.25, -0.2) is 4.79 Å². The van der Waals surface area contributed by atoms with Gasteiger partial charge in [0.2, 0.25) is 0 Å². The Morgan fingerprint density at radius 1 is 0.710 bits per heavy atom. The summed E-state index contributed by atoms with van der Waals surface area (Å²) in [5.74, 6) is 0.0733. The first-order valence-corrected chi connectivity index (χ1v) is 12.8. The molecule has 4 heteroatoms. The number of aryl methyl sites for hydroxylation is 1. The minimum absolute atomic E-state index is 0.0161. The summed E-state index contributed by atoms with van der Waals surface area (Å²) < 4.78 is 4.78. The monoisotopic (exact) mass is 434 g/mol. The highest BCUT2D eigenvalue weighted by Crippen LogP contribution is 2.35. The van der Waals surface area contributed by atoms with Gasteiger partial charge in [-0.15, -0.1) is 0 Å². The van der Waals surface area contributed by atoms with Crippen molar-refractivity contribution in [3.8, 4) is 11.5 Å². The topological polar surface area (TPSA) is 66.8 Å². The Kier molecular flexibility index (Phi) is 15.8. The molecule has 0 saturated heterocycles. The van der Waals surface area contributed by atoms with E-state index >= 15 is 0 Å². The first-order chi connectivity index (χ1) is 15.1. The summed E-state index contributed by atoms with van der Waals surface area (Å²) in [6, 6.07) is 3.54. The molecule has 178 valence electrons. The highest BCUT2D eigenvalue weighted by Gasteiger charge is 2.15. The van der Waals surface area contributed by atoms with E-state index in [9.17, 15) is 9.90 Å². The highest BCUT2D eigenvalue weighted by molar-refractivity contribution is 5.64. The Morgan fingerprint density at radius 2 is 1.16 bits per heavy atom. The van der Waals surface area contributed by atoms with Gasteiger partial charge in [0.25, 0.3) is 0 Å². The number of unbranched alkanes of at least 4 members (excludes halogenated alkanes) is 14. The molecule has 0 heterocycles. The fraction of sp³-hybridized carbons (Fsp3) is 0.741. The van der Waals surface area contributed by atoms with Gasteiger partial charge >= 0.3 is 6.16 Å². The maximum atomic E-state index is 10.9. The van der Waals surface area contributed by atoms with Gasteiger partial charge in [0.15, 0.2) is 11.5 Å². The second-order valence-corrected chi connectivity index (χ2v) is 8.87. The molecule has 0 atom stereocenters. The van der Waals surface area contributed by atoms with Gasteiger partial charge in [-0.2, -0.15) is 0 Å². The van der Waals surface area contributed by atoms with Crippen molar-refractivity contribution >= 4 is 6.16 Å². The predicted octanol–water partition coefficient (Wildman–Crippen LogP) is 8.82. The molecule has 1 rings (SSSR count). The quantitative estimate of drug-likeness (QED) is 0.130. The van der Waals surface area contributed by atoms with E-state index in [1.165, 1.54) is 83.5 Å². The van der Waals surface area contributed by atoms with Crippen LogP contribution in [0.25, 0.3) is 0 Å². The summed E-state index contributed by atoms with van der Waals surface area (Å²) in [7, 11) is 0. The first kappa shape index (κ1) is 27.3. The van der Waals surface area contributed by atoms with Crippen molar-refractivity contribution in [2.75, 3.05) is 0 Å². The van der Waals surface area contributed by atoms with Gasteiger partial charge in [0.1, 0.15) is 0 Å². The second kappa shape index (κ2) is 17.9. The van der Waals surface area contributed by atoms with Gasteiger partial charge in [-0.3, -0.25) is 0 Å². The number of hydrogen-bond donors (Lipinski definition) is 2. The lowest BCUT2D eigenvalue weighted by atomic mass is 9.95. The molecule has 1 aromatic rings. The van der Waals surface area contributed by atoms with Crippen LogP contribution < -0.4 is 4.74 Å². The van der Waals surface area contributed by atoms with E-state index in [1.54, 1.807) is 6.07 Å². The number of ether oxygens (including phenoxy) is 1. The zero-order valence-corrected chi connectivity index (χ0v) is 20.1. The predicted molar refractivity (Wildman–Crippen MR) is 129 cm³/mol. The maximum absolute atomic E-state index is 10.9. The van der Waals surface area contributed by atoms with E-state index in [2.05, 4.69) is 13.8 Å². The fourth-order valence-electron chi connectivity index (χ4n) is 4.23. The molecule has 0 bridgehead atoms. The smallest absolute Gasteiger partial charge is 0.504 e. The average Bonchev–Trinajstić information content (AvgIpc) is 2.75. The number of hydrogen-bond acceptors (Lipinski definition) is 3. The summed E-state index contributed by atoms with van der Waals surface area (Å²) in [6.07, 6.45) is 20.4. The summed E-state index contributed by atoms with van der Waals surface area (Å²) in [5.41, 5.74) is 2.02. The van der Waals surface area contributed by atoms with Crippen LogP contribution in [-0.4, -0.2) is 16.4 Å². The van der Waals surface area contributed by atoms with Crippen LogP contribution in [-0.2, 0) is 12.8 Å². The highest BCUT2D eigenvalue weighted by atomic mass is 16.7. The van der Waals surface area contributed by atoms with Crippen molar-refractivity contribution in [3.05, 3.63) is 23.3 Å². The van der Waals surface area contributed by atoms with Crippen LogP contribution >= 0.6 is 0 Å². The Balaban J connectivity index is 2.51. The van der Waals surface area contributed by atoms with Crippen LogP contribution in [0.1, 0.15) is 128 Å². The average molecular weight is 435 g/mol. The lowest BCUT2D eigenvalue weighted by Crippen LogP contribution is -2.05. The lowest BCUT2D eigenvalue weighted by Gasteiger charge is -2.14. The number of phenols is 1. The summed E-state index contributed by atoms with van der Waals surface area (Å²) in [5, 5.41) is 19.6. The third-order valence-electron chi connectivity index (χ3n) is 6.12. The minimum atomic E-state index is -1.39. The molecule has 0 unspecified atom stereocenters. The molecule has 0 aliphatic carbocycles. The Hall–Kier alpha value is -1.71. The summed E-state index contributed by atoms with van der Waals surface area (Å²) in [4.78, 5) is 10.9. The zero-order valence-electron chi connectivity index (χ0n) is 20.1. The number of benzene rings is 1. The maximum Gasteiger partial charge on any atom is 0.511 e. The number of rotatable bonds is 19. The minimum Gasteiger partial charge on any atom is -0.504 e. The molecular weight excluding hydrogens is 388 g/mol. The van der Waals surface area contributed by atoms with Crippen molar-refractivity contribution in [3.63, 3.8) is 0 Å². The molecule has 0 saturated carbocycles. The molecular formula is C27H46O4.